The molecule has 0 atom stereocenters. The van der Waals surface area contributed by atoms with E-state index in [1.165, 1.54) is 0 Å². The number of ether oxygens (including phenoxy) is 1. The lowest BCUT2D eigenvalue weighted by atomic mass is 9.94. The lowest BCUT2D eigenvalue weighted by Gasteiger charge is -2.16. The number of phenols is 1. The Balaban J connectivity index is 3.01. The van der Waals surface area contributed by atoms with Crippen LogP contribution in [-0.2, 0) is 6.42 Å². The maximum absolute atomic E-state index is 10.1. The monoisotopic (exact) mass is 286 g/mol. The molecule has 1 aromatic carbocycles. The summed E-state index contributed by atoms with van der Waals surface area (Å²) in [5.74, 6) is 1.42. The first kappa shape index (κ1) is 13.4. The van der Waals surface area contributed by atoms with E-state index >= 15 is 0 Å². The van der Waals surface area contributed by atoms with Gasteiger partial charge in [-0.2, -0.15) is 0 Å². The summed E-state index contributed by atoms with van der Waals surface area (Å²) in [7, 11) is 1.57. The van der Waals surface area contributed by atoms with Gasteiger partial charge in [0, 0.05) is 10.0 Å². The van der Waals surface area contributed by atoms with Gasteiger partial charge < -0.3 is 9.84 Å². The molecule has 0 aliphatic rings. The Bertz CT molecular complexity index is 346. The van der Waals surface area contributed by atoms with E-state index in [2.05, 4.69) is 29.8 Å². The van der Waals surface area contributed by atoms with Crippen molar-refractivity contribution in [2.24, 2.45) is 5.92 Å². The van der Waals surface area contributed by atoms with E-state index < -0.39 is 0 Å². The summed E-state index contributed by atoms with van der Waals surface area (Å²) in [6, 6.07) is 3.70. The van der Waals surface area contributed by atoms with Crippen LogP contribution in [0.15, 0.2) is 16.6 Å². The van der Waals surface area contributed by atoms with Crippen LogP contribution < -0.4 is 4.74 Å². The molecule has 0 unspecified atom stereocenters. The van der Waals surface area contributed by atoms with Gasteiger partial charge in [-0.25, -0.2) is 0 Å². The van der Waals surface area contributed by atoms with Gasteiger partial charge in [0.2, 0.25) is 0 Å². The lowest BCUT2D eigenvalue weighted by Crippen LogP contribution is -2.03. The number of aromatic hydroxyl groups is 1. The molecule has 0 fully saturated rings. The van der Waals surface area contributed by atoms with Crippen LogP contribution in [0.4, 0.5) is 0 Å². The number of phenolic OH excluding ortho intramolecular Hbond substituents is 1. The van der Waals surface area contributed by atoms with Crippen molar-refractivity contribution in [1.82, 2.24) is 0 Å². The molecule has 90 valence electrons. The Hall–Kier alpha value is -0.700. The van der Waals surface area contributed by atoms with E-state index in [-0.39, 0.29) is 5.75 Å². The minimum Gasteiger partial charge on any atom is -0.504 e. The lowest BCUT2D eigenvalue weighted by molar-refractivity contribution is 0.366. The molecule has 2 nitrogen and oxygen atoms in total. The van der Waals surface area contributed by atoms with Gasteiger partial charge in [-0.1, -0.05) is 42.6 Å². The van der Waals surface area contributed by atoms with Crippen LogP contribution in [-0.4, -0.2) is 12.2 Å². The molecule has 0 aliphatic carbocycles. The van der Waals surface area contributed by atoms with Gasteiger partial charge >= 0.3 is 0 Å². The highest BCUT2D eigenvalue weighted by atomic mass is 79.9. The minimum absolute atomic E-state index is 0.267. The van der Waals surface area contributed by atoms with Gasteiger partial charge in [-0.05, 0) is 24.5 Å². The van der Waals surface area contributed by atoms with Crippen molar-refractivity contribution >= 4 is 15.9 Å². The van der Waals surface area contributed by atoms with Crippen molar-refractivity contribution in [3.05, 3.63) is 22.2 Å². The zero-order valence-electron chi connectivity index (χ0n) is 10.1. The molecule has 0 aromatic heterocycles. The highest BCUT2D eigenvalue weighted by molar-refractivity contribution is 9.10. The zero-order valence-corrected chi connectivity index (χ0v) is 11.7. The van der Waals surface area contributed by atoms with Gasteiger partial charge in [0.15, 0.2) is 11.5 Å². The zero-order chi connectivity index (χ0) is 12.1. The largest absolute Gasteiger partial charge is 0.504 e. The molecule has 0 radical (unpaired) electrons. The molecular weight excluding hydrogens is 268 g/mol. The van der Waals surface area contributed by atoms with Crippen LogP contribution in [0.3, 0.4) is 0 Å². The van der Waals surface area contributed by atoms with Gasteiger partial charge in [0.1, 0.15) is 0 Å². The van der Waals surface area contributed by atoms with Crippen molar-refractivity contribution < 1.29 is 9.84 Å². The molecule has 16 heavy (non-hydrogen) atoms. The fourth-order valence-electron chi connectivity index (χ4n) is 1.82. The molecule has 0 saturated heterocycles. The first-order valence-corrected chi connectivity index (χ1v) is 6.47. The van der Waals surface area contributed by atoms with E-state index in [4.69, 9.17) is 4.74 Å². The second-order valence-electron chi connectivity index (χ2n) is 3.96. The number of hydrogen-bond acceptors (Lipinski definition) is 2. The van der Waals surface area contributed by atoms with E-state index in [1.807, 2.05) is 6.07 Å². The summed E-state index contributed by atoms with van der Waals surface area (Å²) in [5, 5.41) is 10.1. The summed E-state index contributed by atoms with van der Waals surface area (Å²) < 4.78 is 6.07. The number of methoxy groups -OCH3 is 1. The Morgan fingerprint density at radius 3 is 2.44 bits per heavy atom. The molecule has 1 N–H and O–H groups in total. The summed E-state index contributed by atoms with van der Waals surface area (Å²) in [5.41, 5.74) is 0.952. The Kier molecular flexibility index (Phi) is 5.13. The topological polar surface area (TPSA) is 29.5 Å². The van der Waals surface area contributed by atoms with Gasteiger partial charge in [-0.3, -0.25) is 0 Å². The van der Waals surface area contributed by atoms with E-state index in [9.17, 15) is 5.11 Å². The average molecular weight is 287 g/mol. The fraction of sp³-hybridized carbons (Fsp3) is 0.538. The quantitative estimate of drug-likeness (QED) is 0.881. The molecule has 3 heteroatoms. The number of halogens is 1. The minimum atomic E-state index is 0.267. The summed E-state index contributed by atoms with van der Waals surface area (Å²) in [6.07, 6.45) is 3.13. The predicted octanol–water partition coefficient (Wildman–Crippen LogP) is 4.14. The average Bonchev–Trinajstić information content (AvgIpc) is 2.30. The van der Waals surface area contributed by atoms with Crippen LogP contribution in [0.2, 0.25) is 0 Å². The van der Waals surface area contributed by atoms with Crippen molar-refractivity contribution in [2.75, 3.05) is 7.11 Å². The van der Waals surface area contributed by atoms with E-state index in [1.54, 1.807) is 13.2 Å². The first-order valence-electron chi connectivity index (χ1n) is 5.68. The summed E-state index contributed by atoms with van der Waals surface area (Å²) in [4.78, 5) is 0. The van der Waals surface area contributed by atoms with Crippen LogP contribution in [0, 0.1) is 5.92 Å². The van der Waals surface area contributed by atoms with E-state index in [0.717, 1.165) is 29.3 Å². The molecule has 0 bridgehead atoms. The second kappa shape index (κ2) is 6.14. The molecular formula is C13H19BrO2. The smallest absolute Gasteiger partial charge is 0.162 e. The maximum atomic E-state index is 10.1. The molecule has 0 saturated carbocycles. The maximum Gasteiger partial charge on any atom is 0.162 e. The molecule has 1 rings (SSSR count). The second-order valence-corrected chi connectivity index (χ2v) is 4.82. The summed E-state index contributed by atoms with van der Waals surface area (Å²) in [6.45, 7) is 4.36. The highest BCUT2D eigenvalue weighted by Gasteiger charge is 2.15. The van der Waals surface area contributed by atoms with Crippen LogP contribution in [0.5, 0.6) is 11.5 Å². The normalized spacial score (nSPS) is 10.8. The third-order valence-electron chi connectivity index (χ3n) is 3.06. The Morgan fingerprint density at radius 1 is 1.31 bits per heavy atom. The van der Waals surface area contributed by atoms with Gasteiger partial charge in [-0.15, -0.1) is 0 Å². The van der Waals surface area contributed by atoms with Gasteiger partial charge in [0.05, 0.1) is 7.11 Å². The SMILES string of the molecule is CCC(CC)Cc1c(Br)ccc(OC)c1O. The fourth-order valence-corrected chi connectivity index (χ4v) is 2.30. The van der Waals surface area contributed by atoms with Crippen molar-refractivity contribution in [1.29, 1.82) is 0 Å². The summed E-state index contributed by atoms with van der Waals surface area (Å²) >= 11 is 3.48. The van der Waals surface area contributed by atoms with E-state index in [0.29, 0.717) is 11.7 Å². The Morgan fingerprint density at radius 2 is 1.94 bits per heavy atom. The predicted molar refractivity (Wildman–Crippen MR) is 70.1 cm³/mol. The first-order chi connectivity index (χ1) is 7.63. The Labute approximate surface area is 106 Å². The standard InChI is InChI=1S/C13H19BrO2/c1-4-9(5-2)8-10-11(14)6-7-12(16-3)13(10)15/h6-7,9,15H,4-5,8H2,1-3H3. The van der Waals surface area contributed by atoms with Crippen molar-refractivity contribution in [2.45, 2.75) is 33.1 Å². The third-order valence-corrected chi connectivity index (χ3v) is 3.80. The number of hydrogen-bond donors (Lipinski definition) is 1. The molecule has 0 aliphatic heterocycles. The number of benzene rings is 1. The van der Waals surface area contributed by atoms with Crippen molar-refractivity contribution in [3.8, 4) is 11.5 Å². The molecule has 0 heterocycles. The van der Waals surface area contributed by atoms with Crippen LogP contribution >= 0.6 is 15.9 Å². The molecule has 1 aromatic rings. The molecule has 0 spiro atoms. The van der Waals surface area contributed by atoms with Crippen molar-refractivity contribution in [3.63, 3.8) is 0 Å². The highest BCUT2D eigenvalue weighted by Crippen LogP contribution is 2.37. The van der Waals surface area contributed by atoms with Gasteiger partial charge in [0.25, 0.3) is 0 Å². The number of rotatable bonds is 5. The van der Waals surface area contributed by atoms with Crippen LogP contribution in [0.1, 0.15) is 32.3 Å². The third kappa shape index (κ3) is 2.91. The van der Waals surface area contributed by atoms with Crippen LogP contribution in [0.25, 0.3) is 0 Å². The molecule has 0 amide bonds.